The molecule has 32 heavy (non-hydrogen) atoms. The van der Waals surface area contributed by atoms with Crippen LogP contribution in [-0.2, 0) is 30.8 Å². The average molecular weight is 437 g/mol. The fraction of sp³-hybridized carbons (Fsp3) is 0.500. The van der Waals surface area contributed by atoms with Crippen molar-refractivity contribution in [2.75, 3.05) is 39.4 Å². The number of rotatable bonds is 8. The maximum absolute atomic E-state index is 12.5. The smallest absolute Gasteiger partial charge is 0.315 e. The fourth-order valence-electron chi connectivity index (χ4n) is 4.67. The lowest BCUT2D eigenvalue weighted by Crippen LogP contribution is -2.47. The summed E-state index contributed by atoms with van der Waals surface area (Å²) in [7, 11) is 0. The van der Waals surface area contributed by atoms with Crippen molar-refractivity contribution in [1.82, 2.24) is 20.4 Å². The van der Waals surface area contributed by atoms with E-state index >= 15 is 0 Å². The Balaban J connectivity index is 1.22. The minimum absolute atomic E-state index is 0.0977. The largest absolute Gasteiger partial charge is 0.379 e. The molecule has 0 bridgehead atoms. The molecule has 0 saturated carbocycles. The van der Waals surface area contributed by atoms with E-state index in [1.807, 2.05) is 0 Å². The number of nitrogens with zero attached hydrogens (tertiary/aromatic N) is 2. The standard InChI is InChI=1S/C26H36N4O2/c1-2-25(30-11-10-23-8-3-4-9-24(23)20-30)18-28-26(31)27-17-21-6-5-7-22(16-21)19-29-12-14-32-15-13-29/h3-9,16,25H,2,10-15,17-20H2,1H3,(H2,27,28,31). The maximum atomic E-state index is 12.5. The molecule has 0 spiro atoms. The number of morpholine rings is 1. The lowest BCUT2D eigenvalue weighted by Gasteiger charge is -2.35. The van der Waals surface area contributed by atoms with E-state index in [2.05, 4.69) is 75.9 Å². The molecule has 172 valence electrons. The van der Waals surface area contributed by atoms with E-state index in [4.69, 9.17) is 4.74 Å². The molecule has 4 rings (SSSR count). The van der Waals surface area contributed by atoms with E-state index in [-0.39, 0.29) is 6.03 Å². The third-order valence-electron chi connectivity index (χ3n) is 6.60. The van der Waals surface area contributed by atoms with Gasteiger partial charge in [-0.25, -0.2) is 4.79 Å². The summed E-state index contributed by atoms with van der Waals surface area (Å²) < 4.78 is 5.43. The van der Waals surface area contributed by atoms with Gasteiger partial charge in [0, 0.05) is 51.9 Å². The Labute approximate surface area is 191 Å². The summed E-state index contributed by atoms with van der Waals surface area (Å²) in [5, 5.41) is 6.12. The first kappa shape index (κ1) is 22.8. The number of hydrogen-bond acceptors (Lipinski definition) is 4. The van der Waals surface area contributed by atoms with E-state index in [0.29, 0.717) is 19.1 Å². The topological polar surface area (TPSA) is 56.8 Å². The van der Waals surface area contributed by atoms with E-state index in [9.17, 15) is 4.79 Å². The Morgan fingerprint density at radius 2 is 1.78 bits per heavy atom. The van der Waals surface area contributed by atoms with E-state index < -0.39 is 0 Å². The zero-order valence-corrected chi connectivity index (χ0v) is 19.2. The third kappa shape index (κ3) is 6.31. The van der Waals surface area contributed by atoms with Gasteiger partial charge < -0.3 is 15.4 Å². The van der Waals surface area contributed by atoms with Crippen LogP contribution in [0.4, 0.5) is 4.79 Å². The van der Waals surface area contributed by atoms with E-state index in [1.54, 1.807) is 0 Å². The van der Waals surface area contributed by atoms with Gasteiger partial charge in [-0.1, -0.05) is 55.5 Å². The van der Waals surface area contributed by atoms with Crippen molar-refractivity contribution in [2.24, 2.45) is 0 Å². The van der Waals surface area contributed by atoms with Crippen molar-refractivity contribution in [3.8, 4) is 0 Å². The first-order valence-electron chi connectivity index (χ1n) is 11.9. The van der Waals surface area contributed by atoms with Crippen LogP contribution in [0.2, 0.25) is 0 Å². The van der Waals surface area contributed by atoms with Crippen LogP contribution in [0.3, 0.4) is 0 Å². The minimum Gasteiger partial charge on any atom is -0.379 e. The van der Waals surface area contributed by atoms with Gasteiger partial charge >= 0.3 is 6.03 Å². The number of benzene rings is 2. The van der Waals surface area contributed by atoms with Crippen LogP contribution < -0.4 is 10.6 Å². The van der Waals surface area contributed by atoms with Crippen molar-refractivity contribution < 1.29 is 9.53 Å². The molecule has 2 aliphatic rings. The Morgan fingerprint density at radius 1 is 1.00 bits per heavy atom. The number of carbonyl (C=O) groups excluding carboxylic acids is 1. The molecule has 2 N–H and O–H groups in total. The summed E-state index contributed by atoms with van der Waals surface area (Å²) >= 11 is 0. The molecule has 1 saturated heterocycles. The molecule has 1 fully saturated rings. The van der Waals surface area contributed by atoms with Gasteiger partial charge in [0.05, 0.1) is 13.2 Å². The van der Waals surface area contributed by atoms with Gasteiger partial charge in [-0.05, 0) is 35.1 Å². The SMILES string of the molecule is CCC(CNC(=O)NCc1cccc(CN2CCOCC2)c1)N1CCc2ccccc2C1. The second kappa shape index (κ2) is 11.5. The summed E-state index contributed by atoms with van der Waals surface area (Å²) in [6.45, 7) is 9.93. The van der Waals surface area contributed by atoms with Crippen molar-refractivity contribution in [3.63, 3.8) is 0 Å². The lowest BCUT2D eigenvalue weighted by atomic mass is 9.98. The van der Waals surface area contributed by atoms with Crippen LogP contribution in [0.1, 0.15) is 35.6 Å². The summed E-state index contributed by atoms with van der Waals surface area (Å²) in [5.41, 5.74) is 5.28. The predicted molar refractivity (Wildman–Crippen MR) is 127 cm³/mol. The van der Waals surface area contributed by atoms with Gasteiger partial charge in [0.25, 0.3) is 0 Å². The molecule has 2 aliphatic heterocycles. The van der Waals surface area contributed by atoms with Crippen LogP contribution in [0, 0.1) is 0 Å². The first-order chi connectivity index (χ1) is 15.7. The van der Waals surface area contributed by atoms with Crippen LogP contribution in [0.5, 0.6) is 0 Å². The normalized spacial score (nSPS) is 18.0. The number of fused-ring (bicyclic) bond motifs is 1. The molecular formula is C26H36N4O2. The highest BCUT2D eigenvalue weighted by Gasteiger charge is 2.22. The van der Waals surface area contributed by atoms with Gasteiger partial charge in [-0.3, -0.25) is 9.80 Å². The number of ether oxygens (including phenoxy) is 1. The first-order valence-corrected chi connectivity index (χ1v) is 11.9. The second-order valence-electron chi connectivity index (χ2n) is 8.82. The third-order valence-corrected chi connectivity index (χ3v) is 6.60. The second-order valence-corrected chi connectivity index (χ2v) is 8.82. The number of nitrogens with one attached hydrogen (secondary N) is 2. The highest BCUT2D eigenvalue weighted by Crippen LogP contribution is 2.21. The molecule has 1 unspecified atom stereocenters. The lowest BCUT2D eigenvalue weighted by molar-refractivity contribution is 0.0342. The molecule has 1 atom stereocenters. The zero-order chi connectivity index (χ0) is 22.2. The molecule has 2 amide bonds. The van der Waals surface area contributed by atoms with Gasteiger partial charge in [0.1, 0.15) is 0 Å². The highest BCUT2D eigenvalue weighted by atomic mass is 16.5. The van der Waals surface area contributed by atoms with Gasteiger partial charge in [0.2, 0.25) is 0 Å². The average Bonchev–Trinajstić information content (AvgIpc) is 2.84. The van der Waals surface area contributed by atoms with Crippen molar-refractivity contribution in [3.05, 3.63) is 70.8 Å². The Kier molecular flexibility index (Phi) is 8.15. The maximum Gasteiger partial charge on any atom is 0.315 e. The fourth-order valence-corrected chi connectivity index (χ4v) is 4.67. The van der Waals surface area contributed by atoms with Crippen molar-refractivity contribution in [2.45, 2.75) is 45.4 Å². The molecule has 6 nitrogen and oxygen atoms in total. The number of carbonyl (C=O) groups is 1. The molecule has 0 aliphatic carbocycles. The molecule has 6 heteroatoms. The van der Waals surface area contributed by atoms with Crippen LogP contribution in [-0.4, -0.2) is 61.3 Å². The van der Waals surface area contributed by atoms with Gasteiger partial charge in [-0.15, -0.1) is 0 Å². The summed E-state index contributed by atoms with van der Waals surface area (Å²) in [5.74, 6) is 0. The number of hydrogen-bond donors (Lipinski definition) is 2. The van der Waals surface area contributed by atoms with Crippen LogP contribution in [0.25, 0.3) is 0 Å². The zero-order valence-electron chi connectivity index (χ0n) is 19.2. The minimum atomic E-state index is -0.0977. The van der Waals surface area contributed by atoms with Crippen LogP contribution in [0.15, 0.2) is 48.5 Å². The van der Waals surface area contributed by atoms with E-state index in [0.717, 1.165) is 64.3 Å². The monoisotopic (exact) mass is 436 g/mol. The van der Waals surface area contributed by atoms with Crippen LogP contribution >= 0.6 is 0 Å². The van der Waals surface area contributed by atoms with Gasteiger partial charge in [0.15, 0.2) is 0 Å². The molecule has 0 aromatic heterocycles. The molecule has 0 radical (unpaired) electrons. The molecule has 2 aromatic carbocycles. The Bertz CT molecular complexity index is 882. The highest BCUT2D eigenvalue weighted by molar-refractivity contribution is 5.73. The summed E-state index contributed by atoms with van der Waals surface area (Å²) in [6, 6.07) is 17.4. The summed E-state index contributed by atoms with van der Waals surface area (Å²) in [6.07, 6.45) is 2.10. The molecular weight excluding hydrogens is 400 g/mol. The van der Waals surface area contributed by atoms with E-state index in [1.165, 1.54) is 16.7 Å². The molecule has 2 heterocycles. The van der Waals surface area contributed by atoms with Crippen molar-refractivity contribution in [1.29, 1.82) is 0 Å². The Hall–Kier alpha value is -2.41. The molecule has 2 aromatic rings. The Morgan fingerprint density at radius 3 is 2.59 bits per heavy atom. The van der Waals surface area contributed by atoms with Crippen molar-refractivity contribution >= 4 is 6.03 Å². The summed E-state index contributed by atoms with van der Waals surface area (Å²) in [4.78, 5) is 17.4. The predicted octanol–water partition coefficient (Wildman–Crippen LogP) is 3.15. The quantitative estimate of drug-likeness (QED) is 0.668. The number of urea groups is 1. The number of amides is 2. The van der Waals surface area contributed by atoms with Gasteiger partial charge in [-0.2, -0.15) is 0 Å².